The number of ketones is 1. The largest absolute Gasteiger partial charge is 0.507 e. The predicted octanol–water partition coefficient (Wildman–Crippen LogP) is 2.98. The summed E-state index contributed by atoms with van der Waals surface area (Å²) < 4.78 is 10.2. The molecular formula is C22H22N2O7. The van der Waals surface area contributed by atoms with E-state index >= 15 is 0 Å². The number of ether oxygens (including phenoxy) is 2. The van der Waals surface area contributed by atoms with Crippen LogP contribution in [0.4, 0.5) is 5.69 Å². The highest BCUT2D eigenvalue weighted by Crippen LogP contribution is 2.40. The second-order valence-corrected chi connectivity index (χ2v) is 7.01. The van der Waals surface area contributed by atoms with Gasteiger partial charge in [-0.2, -0.15) is 0 Å². The second-order valence-electron chi connectivity index (χ2n) is 7.01. The summed E-state index contributed by atoms with van der Waals surface area (Å²) in [5.74, 6) is -1.33. The van der Waals surface area contributed by atoms with E-state index in [0.717, 1.165) is 0 Å². The molecule has 1 aliphatic rings. The van der Waals surface area contributed by atoms with Crippen molar-refractivity contribution in [1.29, 1.82) is 0 Å². The molecule has 0 aliphatic carbocycles. The number of non-ortho nitro benzene ring substituents is 1. The van der Waals surface area contributed by atoms with E-state index in [9.17, 15) is 24.8 Å². The third kappa shape index (κ3) is 4.13. The first-order chi connectivity index (χ1) is 14.8. The average Bonchev–Trinajstić information content (AvgIpc) is 3.01. The van der Waals surface area contributed by atoms with Gasteiger partial charge in [0.2, 0.25) is 0 Å². The van der Waals surface area contributed by atoms with E-state index in [0.29, 0.717) is 22.4 Å². The minimum absolute atomic E-state index is 0.0803. The van der Waals surface area contributed by atoms with Crippen LogP contribution in [0.3, 0.4) is 0 Å². The zero-order chi connectivity index (χ0) is 22.7. The van der Waals surface area contributed by atoms with E-state index in [1.165, 1.54) is 43.4 Å². The van der Waals surface area contributed by atoms with Gasteiger partial charge in [0.05, 0.1) is 30.3 Å². The van der Waals surface area contributed by atoms with Crippen molar-refractivity contribution in [1.82, 2.24) is 4.90 Å². The topological polar surface area (TPSA) is 119 Å². The molecule has 1 amide bonds. The van der Waals surface area contributed by atoms with Crippen LogP contribution < -0.4 is 4.74 Å². The van der Waals surface area contributed by atoms with E-state index in [-0.39, 0.29) is 30.2 Å². The Morgan fingerprint density at radius 2 is 1.84 bits per heavy atom. The molecule has 9 nitrogen and oxygen atoms in total. The number of methoxy groups -OCH3 is 2. The lowest BCUT2D eigenvalue weighted by molar-refractivity contribution is -0.384. The molecule has 1 saturated heterocycles. The van der Waals surface area contributed by atoms with Crippen molar-refractivity contribution in [2.45, 2.75) is 13.0 Å². The molecule has 1 fully saturated rings. The van der Waals surface area contributed by atoms with E-state index in [1.807, 2.05) is 0 Å². The minimum Gasteiger partial charge on any atom is -0.507 e. The quantitative estimate of drug-likeness (QED) is 0.238. The Morgan fingerprint density at radius 3 is 2.39 bits per heavy atom. The molecule has 3 rings (SSSR count). The van der Waals surface area contributed by atoms with Gasteiger partial charge in [0.15, 0.2) is 0 Å². The highest BCUT2D eigenvalue weighted by Gasteiger charge is 2.46. The lowest BCUT2D eigenvalue weighted by Gasteiger charge is -2.25. The van der Waals surface area contributed by atoms with Gasteiger partial charge in [0.1, 0.15) is 11.5 Å². The van der Waals surface area contributed by atoms with Crippen LogP contribution in [0.2, 0.25) is 0 Å². The van der Waals surface area contributed by atoms with E-state index in [4.69, 9.17) is 9.47 Å². The standard InChI is InChI=1S/C22H22N2O7/c1-13-12-16(31-3)8-9-17(13)20(25)18-19(14-4-6-15(7-5-14)24(28)29)23(10-11-30-2)22(27)21(18)26/h4-9,12,19,25H,10-11H2,1-3H3/t19-/m1/s1. The number of aliphatic hydroxyl groups excluding tert-OH is 1. The van der Waals surface area contributed by atoms with Crippen molar-refractivity contribution in [2.75, 3.05) is 27.4 Å². The number of hydrogen-bond acceptors (Lipinski definition) is 7. The molecule has 0 bridgehead atoms. The molecule has 31 heavy (non-hydrogen) atoms. The Morgan fingerprint density at radius 1 is 1.16 bits per heavy atom. The maximum Gasteiger partial charge on any atom is 0.295 e. The molecule has 2 aromatic rings. The summed E-state index contributed by atoms with van der Waals surface area (Å²) in [4.78, 5) is 37.4. The maximum absolute atomic E-state index is 12.9. The molecular weight excluding hydrogens is 404 g/mol. The van der Waals surface area contributed by atoms with Crippen molar-refractivity contribution in [3.63, 3.8) is 0 Å². The number of likely N-dealkylation sites (tertiary alicyclic amines) is 1. The minimum atomic E-state index is -0.905. The van der Waals surface area contributed by atoms with Crippen LogP contribution in [0.25, 0.3) is 5.76 Å². The van der Waals surface area contributed by atoms with Crippen LogP contribution in [-0.2, 0) is 14.3 Å². The first kappa shape index (κ1) is 22.0. The Hall–Kier alpha value is -3.72. The van der Waals surface area contributed by atoms with Gasteiger partial charge in [-0.1, -0.05) is 0 Å². The Balaban J connectivity index is 2.17. The normalized spacial score (nSPS) is 17.8. The van der Waals surface area contributed by atoms with Crippen LogP contribution in [-0.4, -0.2) is 54.0 Å². The third-order valence-electron chi connectivity index (χ3n) is 5.18. The van der Waals surface area contributed by atoms with Crippen LogP contribution >= 0.6 is 0 Å². The Kier molecular flexibility index (Phi) is 6.36. The van der Waals surface area contributed by atoms with Crippen molar-refractivity contribution in [3.8, 4) is 5.75 Å². The summed E-state index contributed by atoms with van der Waals surface area (Å²) in [7, 11) is 2.99. The fraction of sp³-hybridized carbons (Fsp3) is 0.273. The van der Waals surface area contributed by atoms with Gasteiger partial charge in [-0.05, 0) is 48.4 Å². The SMILES string of the molecule is COCCN1C(=O)C(=O)C(=C(O)c2ccc(OC)cc2C)[C@H]1c1ccc([N+](=O)[O-])cc1. The summed E-state index contributed by atoms with van der Waals surface area (Å²) in [6.45, 7) is 2.04. The number of benzene rings is 2. The smallest absolute Gasteiger partial charge is 0.295 e. The van der Waals surface area contributed by atoms with Crippen molar-refractivity contribution in [2.24, 2.45) is 0 Å². The molecule has 2 aromatic carbocycles. The predicted molar refractivity (Wildman–Crippen MR) is 112 cm³/mol. The number of carbonyl (C=O) groups excluding carboxylic acids is 2. The third-order valence-corrected chi connectivity index (χ3v) is 5.18. The lowest BCUT2D eigenvalue weighted by atomic mass is 9.93. The van der Waals surface area contributed by atoms with Crippen LogP contribution in [0.1, 0.15) is 22.7 Å². The number of Topliss-reactive ketones (excluding diaryl/α,β-unsaturated/α-hetero) is 1. The number of nitro benzene ring substituents is 1. The second kappa shape index (κ2) is 8.97. The summed E-state index contributed by atoms with van der Waals surface area (Å²) in [6, 6.07) is 9.59. The first-order valence-electron chi connectivity index (χ1n) is 9.46. The van der Waals surface area contributed by atoms with E-state index in [1.54, 1.807) is 25.1 Å². The first-order valence-corrected chi connectivity index (χ1v) is 9.46. The number of nitro groups is 1. The number of rotatable bonds is 7. The molecule has 0 unspecified atom stereocenters. The summed E-state index contributed by atoms with van der Waals surface area (Å²) in [5, 5.41) is 22.1. The molecule has 1 atom stereocenters. The molecule has 1 heterocycles. The van der Waals surface area contributed by atoms with E-state index < -0.39 is 22.7 Å². The molecule has 0 radical (unpaired) electrons. The van der Waals surface area contributed by atoms with Gasteiger partial charge in [0, 0.05) is 31.4 Å². The van der Waals surface area contributed by atoms with Gasteiger partial charge in [0.25, 0.3) is 17.4 Å². The molecule has 0 spiro atoms. The molecule has 1 aliphatic heterocycles. The summed E-state index contributed by atoms with van der Waals surface area (Å²) in [6.07, 6.45) is 0. The van der Waals surface area contributed by atoms with Crippen LogP contribution in [0, 0.1) is 17.0 Å². The van der Waals surface area contributed by atoms with Gasteiger partial charge in [-0.15, -0.1) is 0 Å². The van der Waals surface area contributed by atoms with Gasteiger partial charge >= 0.3 is 0 Å². The highest BCUT2D eigenvalue weighted by atomic mass is 16.6. The summed E-state index contributed by atoms with van der Waals surface area (Å²) in [5.41, 5.74) is 1.31. The van der Waals surface area contributed by atoms with E-state index in [2.05, 4.69) is 0 Å². The van der Waals surface area contributed by atoms with Gasteiger partial charge in [-0.3, -0.25) is 19.7 Å². The monoisotopic (exact) mass is 426 g/mol. The van der Waals surface area contributed by atoms with Gasteiger partial charge < -0.3 is 19.5 Å². The lowest BCUT2D eigenvalue weighted by Crippen LogP contribution is -2.32. The number of hydrogen-bond donors (Lipinski definition) is 1. The van der Waals surface area contributed by atoms with Crippen LogP contribution in [0.15, 0.2) is 48.0 Å². The maximum atomic E-state index is 12.9. The number of aliphatic hydroxyl groups is 1. The average molecular weight is 426 g/mol. The molecule has 9 heteroatoms. The van der Waals surface area contributed by atoms with Crippen molar-refractivity contribution < 1.29 is 29.1 Å². The van der Waals surface area contributed by atoms with Gasteiger partial charge in [-0.25, -0.2) is 0 Å². The fourth-order valence-corrected chi connectivity index (χ4v) is 3.60. The number of nitrogens with zero attached hydrogens (tertiary/aromatic N) is 2. The Bertz CT molecular complexity index is 1060. The number of aryl methyl sites for hydroxylation is 1. The fourth-order valence-electron chi connectivity index (χ4n) is 3.60. The molecule has 1 N–H and O–H groups in total. The zero-order valence-corrected chi connectivity index (χ0v) is 17.3. The summed E-state index contributed by atoms with van der Waals surface area (Å²) >= 11 is 0. The highest BCUT2D eigenvalue weighted by molar-refractivity contribution is 6.46. The van der Waals surface area contributed by atoms with Crippen molar-refractivity contribution >= 4 is 23.1 Å². The van der Waals surface area contributed by atoms with Crippen molar-refractivity contribution in [3.05, 3.63) is 74.8 Å². The zero-order valence-electron chi connectivity index (χ0n) is 17.3. The number of carbonyl (C=O) groups is 2. The Labute approximate surface area is 178 Å². The van der Waals surface area contributed by atoms with Crippen LogP contribution in [0.5, 0.6) is 5.75 Å². The number of amides is 1. The molecule has 0 aromatic heterocycles. The molecule has 0 saturated carbocycles. The molecule has 162 valence electrons.